The van der Waals surface area contributed by atoms with Crippen molar-refractivity contribution in [2.75, 3.05) is 0 Å². The highest BCUT2D eigenvalue weighted by Gasteiger charge is 2.07. The summed E-state index contributed by atoms with van der Waals surface area (Å²) < 4.78 is 2.08. The van der Waals surface area contributed by atoms with E-state index < -0.39 is 0 Å². The van der Waals surface area contributed by atoms with Crippen molar-refractivity contribution in [1.82, 2.24) is 9.55 Å². The second kappa shape index (κ2) is 6.16. The van der Waals surface area contributed by atoms with Crippen LogP contribution in [0.1, 0.15) is 38.9 Å². The molecule has 1 heterocycles. The van der Waals surface area contributed by atoms with Gasteiger partial charge in [0.1, 0.15) is 5.82 Å². The van der Waals surface area contributed by atoms with Crippen molar-refractivity contribution in [3.63, 3.8) is 0 Å². The quantitative estimate of drug-likeness (QED) is 0.683. The van der Waals surface area contributed by atoms with E-state index in [0.717, 1.165) is 31.5 Å². The number of alkyl halides is 1. The molecule has 1 unspecified atom stereocenters. The van der Waals surface area contributed by atoms with Gasteiger partial charge in [0.05, 0.1) is 0 Å². The summed E-state index contributed by atoms with van der Waals surface area (Å²) in [6, 6.07) is 0. The number of aromatic nitrogens is 2. The van der Waals surface area contributed by atoms with Crippen LogP contribution in [0.15, 0.2) is 12.4 Å². The van der Waals surface area contributed by atoms with Gasteiger partial charge in [-0.3, -0.25) is 0 Å². The van der Waals surface area contributed by atoms with Crippen LogP contribution in [0, 0.1) is 5.92 Å². The van der Waals surface area contributed by atoms with Crippen LogP contribution in [0.4, 0.5) is 0 Å². The summed E-state index contributed by atoms with van der Waals surface area (Å²) in [7, 11) is 2.04. The van der Waals surface area contributed by atoms with E-state index in [-0.39, 0.29) is 0 Å². The third-order valence-corrected chi connectivity index (χ3v) is 2.96. The molecular weight excluding hydrogens is 208 g/mol. The standard InChI is InChI=1S/C12H21ClN2/c1-10(2)9-11(13)5-4-6-12-14-7-8-15(12)3/h7-8,10-11H,4-6,9H2,1-3H3. The molecule has 0 fully saturated rings. The molecule has 1 rings (SSSR count). The Bertz CT molecular complexity index is 281. The van der Waals surface area contributed by atoms with Crippen LogP contribution < -0.4 is 0 Å². The number of halogens is 1. The number of nitrogens with zero attached hydrogens (tertiary/aromatic N) is 2. The zero-order chi connectivity index (χ0) is 11.3. The van der Waals surface area contributed by atoms with Crippen LogP contribution in [0.2, 0.25) is 0 Å². The van der Waals surface area contributed by atoms with Crippen molar-refractivity contribution < 1.29 is 0 Å². The Morgan fingerprint density at radius 2 is 2.20 bits per heavy atom. The molecule has 0 bridgehead atoms. The first-order valence-corrected chi connectivity index (χ1v) is 6.13. The van der Waals surface area contributed by atoms with E-state index in [0.29, 0.717) is 11.3 Å². The highest BCUT2D eigenvalue weighted by Crippen LogP contribution is 2.16. The van der Waals surface area contributed by atoms with Gasteiger partial charge >= 0.3 is 0 Å². The molecular formula is C12H21ClN2. The Morgan fingerprint density at radius 1 is 1.47 bits per heavy atom. The molecule has 0 aromatic carbocycles. The Balaban J connectivity index is 2.19. The Hall–Kier alpha value is -0.500. The maximum atomic E-state index is 6.23. The van der Waals surface area contributed by atoms with E-state index in [4.69, 9.17) is 11.6 Å². The molecule has 3 heteroatoms. The van der Waals surface area contributed by atoms with E-state index in [1.807, 2.05) is 19.4 Å². The summed E-state index contributed by atoms with van der Waals surface area (Å²) in [5.74, 6) is 1.85. The summed E-state index contributed by atoms with van der Waals surface area (Å²) in [5, 5.41) is 0.324. The van der Waals surface area contributed by atoms with Gasteiger partial charge in [-0.1, -0.05) is 13.8 Å². The minimum atomic E-state index is 0.324. The topological polar surface area (TPSA) is 17.8 Å². The molecule has 86 valence electrons. The molecule has 1 aromatic heterocycles. The molecule has 2 nitrogen and oxygen atoms in total. The molecule has 0 spiro atoms. The zero-order valence-electron chi connectivity index (χ0n) is 9.91. The lowest BCUT2D eigenvalue weighted by Gasteiger charge is -2.11. The number of hydrogen-bond donors (Lipinski definition) is 0. The zero-order valence-corrected chi connectivity index (χ0v) is 10.7. The molecule has 0 aliphatic heterocycles. The molecule has 0 N–H and O–H groups in total. The minimum absolute atomic E-state index is 0.324. The molecule has 1 atom stereocenters. The highest BCUT2D eigenvalue weighted by atomic mass is 35.5. The van der Waals surface area contributed by atoms with Gasteiger partial charge in [0, 0.05) is 31.2 Å². The lowest BCUT2D eigenvalue weighted by Crippen LogP contribution is -2.05. The summed E-state index contributed by atoms with van der Waals surface area (Å²) in [4.78, 5) is 4.29. The van der Waals surface area contributed by atoms with E-state index in [2.05, 4.69) is 23.4 Å². The van der Waals surface area contributed by atoms with E-state index in [1.54, 1.807) is 0 Å². The number of hydrogen-bond acceptors (Lipinski definition) is 1. The highest BCUT2D eigenvalue weighted by molar-refractivity contribution is 6.20. The molecule has 0 saturated carbocycles. The van der Waals surface area contributed by atoms with Crippen LogP contribution >= 0.6 is 11.6 Å². The molecule has 0 radical (unpaired) electrons. The van der Waals surface area contributed by atoms with Crippen LogP contribution in [0.25, 0.3) is 0 Å². The van der Waals surface area contributed by atoms with Crippen LogP contribution in [0.3, 0.4) is 0 Å². The monoisotopic (exact) mass is 228 g/mol. The molecule has 0 saturated heterocycles. The smallest absolute Gasteiger partial charge is 0.108 e. The predicted octanol–water partition coefficient (Wildman–Crippen LogP) is 3.40. The first kappa shape index (κ1) is 12.6. The van der Waals surface area contributed by atoms with Gasteiger partial charge in [0.25, 0.3) is 0 Å². The molecule has 1 aromatic rings. The fraction of sp³-hybridized carbons (Fsp3) is 0.750. The summed E-state index contributed by atoms with van der Waals surface area (Å²) in [6.07, 6.45) is 8.20. The van der Waals surface area contributed by atoms with Gasteiger partial charge in [0.15, 0.2) is 0 Å². The Morgan fingerprint density at radius 3 is 2.73 bits per heavy atom. The van der Waals surface area contributed by atoms with Crippen LogP contribution in [-0.2, 0) is 13.5 Å². The SMILES string of the molecule is CC(C)CC(Cl)CCCc1nccn1C. The van der Waals surface area contributed by atoms with Crippen molar-refractivity contribution in [1.29, 1.82) is 0 Å². The van der Waals surface area contributed by atoms with Gasteiger partial charge in [0.2, 0.25) is 0 Å². The van der Waals surface area contributed by atoms with E-state index in [1.165, 1.54) is 0 Å². The second-order valence-electron chi connectivity index (χ2n) is 4.57. The van der Waals surface area contributed by atoms with Crippen molar-refractivity contribution >= 4 is 11.6 Å². The molecule has 15 heavy (non-hydrogen) atoms. The Kier molecular flexibility index (Phi) is 5.16. The first-order valence-electron chi connectivity index (χ1n) is 5.70. The number of aryl methyl sites for hydroxylation is 2. The maximum Gasteiger partial charge on any atom is 0.108 e. The average molecular weight is 229 g/mol. The number of imidazole rings is 1. The summed E-state index contributed by atoms with van der Waals surface area (Å²) >= 11 is 6.23. The third-order valence-electron chi connectivity index (χ3n) is 2.57. The predicted molar refractivity (Wildman–Crippen MR) is 65.2 cm³/mol. The lowest BCUT2D eigenvalue weighted by atomic mass is 10.0. The fourth-order valence-electron chi connectivity index (χ4n) is 1.75. The average Bonchev–Trinajstić information content (AvgIpc) is 2.50. The number of rotatable bonds is 6. The van der Waals surface area contributed by atoms with Crippen molar-refractivity contribution in [3.8, 4) is 0 Å². The van der Waals surface area contributed by atoms with Gasteiger partial charge in [-0.05, 0) is 25.2 Å². The normalized spacial score (nSPS) is 13.4. The maximum absolute atomic E-state index is 6.23. The fourth-order valence-corrected chi connectivity index (χ4v) is 2.26. The van der Waals surface area contributed by atoms with Crippen molar-refractivity contribution in [2.45, 2.75) is 44.9 Å². The Labute approximate surface area is 97.7 Å². The van der Waals surface area contributed by atoms with E-state index in [9.17, 15) is 0 Å². The van der Waals surface area contributed by atoms with Crippen molar-refractivity contribution in [2.24, 2.45) is 13.0 Å². The summed E-state index contributed by atoms with van der Waals surface area (Å²) in [6.45, 7) is 4.43. The van der Waals surface area contributed by atoms with Gasteiger partial charge in [-0.25, -0.2) is 4.98 Å². The molecule has 0 aliphatic carbocycles. The van der Waals surface area contributed by atoms with Gasteiger partial charge in [-0.2, -0.15) is 0 Å². The van der Waals surface area contributed by atoms with Crippen LogP contribution in [0.5, 0.6) is 0 Å². The first-order chi connectivity index (χ1) is 7.09. The molecule has 0 amide bonds. The molecule has 0 aliphatic rings. The van der Waals surface area contributed by atoms with Gasteiger partial charge in [-0.15, -0.1) is 11.6 Å². The minimum Gasteiger partial charge on any atom is -0.338 e. The van der Waals surface area contributed by atoms with Crippen molar-refractivity contribution in [3.05, 3.63) is 18.2 Å². The largest absolute Gasteiger partial charge is 0.338 e. The third kappa shape index (κ3) is 4.70. The van der Waals surface area contributed by atoms with Gasteiger partial charge < -0.3 is 4.57 Å². The lowest BCUT2D eigenvalue weighted by molar-refractivity contribution is 0.529. The summed E-state index contributed by atoms with van der Waals surface area (Å²) in [5.41, 5.74) is 0. The van der Waals surface area contributed by atoms with E-state index >= 15 is 0 Å². The van der Waals surface area contributed by atoms with Crippen LogP contribution in [-0.4, -0.2) is 14.9 Å². The second-order valence-corrected chi connectivity index (χ2v) is 5.19.